The van der Waals surface area contributed by atoms with Gasteiger partial charge in [0, 0.05) is 37.9 Å². The molecule has 1 aliphatic rings. The molecule has 5 nitrogen and oxygen atoms in total. The molecule has 1 aliphatic heterocycles. The highest BCUT2D eigenvalue weighted by molar-refractivity contribution is 9.10. The molecule has 1 aromatic heterocycles. The van der Waals surface area contributed by atoms with Crippen LogP contribution in [0, 0.1) is 0 Å². The molecule has 0 spiro atoms. The minimum atomic E-state index is -3.29. The molecule has 1 aromatic rings. The van der Waals surface area contributed by atoms with E-state index >= 15 is 0 Å². The molecule has 0 unspecified atom stereocenters. The monoisotopic (exact) mass is 349 g/mol. The summed E-state index contributed by atoms with van der Waals surface area (Å²) in [5, 5.41) is 0. The Balaban J connectivity index is 2.71. The number of anilines is 1. The van der Waals surface area contributed by atoms with Crippen molar-refractivity contribution in [1.29, 1.82) is 0 Å². The van der Waals surface area contributed by atoms with Gasteiger partial charge in [0.25, 0.3) is 0 Å². The fourth-order valence-electron chi connectivity index (χ4n) is 1.32. The van der Waals surface area contributed by atoms with Gasteiger partial charge in [-0.25, -0.2) is 9.78 Å². The third kappa shape index (κ3) is 4.10. The average Bonchev–Trinajstić information content (AvgIpc) is 2.42. The Bertz CT molecular complexity index is 756. The van der Waals surface area contributed by atoms with E-state index in [1.54, 1.807) is 0 Å². The molecular formula is C14H20BrN3O2. The standard InChI is InChI=1S/C14H20BrN3O2/c1-14(2,3)20-13(19)18-8-6-17(7-9-18)11-4-5-16-12(15)10-11/h4-5,10H,6-9H2,1-3H3/i6D2,7D2,8D2,9D2. The van der Waals surface area contributed by atoms with Crippen molar-refractivity contribution < 1.29 is 20.5 Å². The lowest BCUT2D eigenvalue weighted by Gasteiger charge is -2.36. The van der Waals surface area contributed by atoms with Gasteiger partial charge in [-0.2, -0.15) is 0 Å². The van der Waals surface area contributed by atoms with Crippen LogP contribution in [0.15, 0.2) is 22.9 Å². The number of carbonyl (C=O) groups excluding carboxylic acids is 1. The van der Waals surface area contributed by atoms with Crippen molar-refractivity contribution in [2.24, 2.45) is 0 Å². The second-order valence-corrected chi connectivity index (χ2v) is 5.75. The number of pyridine rings is 1. The van der Waals surface area contributed by atoms with Crippen LogP contribution < -0.4 is 4.90 Å². The lowest BCUT2D eigenvalue weighted by atomic mass is 10.2. The Kier molecular flexibility index (Phi) is 2.29. The molecule has 0 radical (unpaired) electrons. The maximum Gasteiger partial charge on any atom is 0.410 e. The number of nitrogens with zero attached hydrogens (tertiary/aromatic N) is 3. The second kappa shape index (κ2) is 5.99. The quantitative estimate of drug-likeness (QED) is 0.731. The van der Waals surface area contributed by atoms with Gasteiger partial charge in [0.1, 0.15) is 10.2 Å². The van der Waals surface area contributed by atoms with Gasteiger partial charge in [0.2, 0.25) is 0 Å². The molecule has 0 aliphatic carbocycles. The van der Waals surface area contributed by atoms with Crippen LogP contribution in [-0.4, -0.2) is 47.6 Å². The van der Waals surface area contributed by atoms with Crippen molar-refractivity contribution in [3.05, 3.63) is 22.9 Å². The SMILES string of the molecule is [2H]C1([2H])N(C(=O)OC(C)(C)C)C([2H])([2H])C([2H])([2H])N(c2ccnc(Br)c2)C1([2H])[2H]. The van der Waals surface area contributed by atoms with Crippen molar-refractivity contribution in [3.63, 3.8) is 0 Å². The molecular weight excluding hydrogens is 322 g/mol. The summed E-state index contributed by atoms with van der Waals surface area (Å²) in [4.78, 5) is 16.6. The largest absolute Gasteiger partial charge is 0.444 e. The van der Waals surface area contributed by atoms with Gasteiger partial charge in [0.05, 0.1) is 11.0 Å². The predicted octanol–water partition coefficient (Wildman–Crippen LogP) is 2.90. The summed E-state index contributed by atoms with van der Waals surface area (Å²) in [6.45, 7) is -8.49. The smallest absolute Gasteiger partial charge is 0.410 e. The lowest BCUT2D eigenvalue weighted by Crippen LogP contribution is -2.50. The minimum absolute atomic E-state index is 0.141. The van der Waals surface area contributed by atoms with Crippen LogP contribution in [0.5, 0.6) is 0 Å². The van der Waals surface area contributed by atoms with Crippen molar-refractivity contribution in [3.8, 4) is 0 Å². The first-order valence-corrected chi connectivity index (χ1v) is 6.62. The number of piperazine rings is 1. The minimum Gasteiger partial charge on any atom is -0.444 e. The molecule has 2 rings (SSSR count). The number of amides is 1. The van der Waals surface area contributed by atoms with Gasteiger partial charge in [-0.1, -0.05) is 0 Å². The number of halogens is 1. The van der Waals surface area contributed by atoms with Crippen LogP contribution >= 0.6 is 15.9 Å². The summed E-state index contributed by atoms with van der Waals surface area (Å²) in [6.07, 6.45) is -0.275. The van der Waals surface area contributed by atoms with Crippen LogP contribution in [0.3, 0.4) is 0 Å². The number of hydrogen-bond donors (Lipinski definition) is 0. The molecule has 6 heteroatoms. The van der Waals surface area contributed by atoms with Crippen molar-refractivity contribution in [2.75, 3.05) is 30.9 Å². The summed E-state index contributed by atoms with van der Waals surface area (Å²) in [7, 11) is 0. The summed E-state index contributed by atoms with van der Waals surface area (Å²) >= 11 is 3.07. The zero-order valence-electron chi connectivity index (χ0n) is 19.3. The first-order chi connectivity index (χ1) is 12.4. The van der Waals surface area contributed by atoms with Crippen LogP contribution in [0.1, 0.15) is 31.7 Å². The van der Waals surface area contributed by atoms with Gasteiger partial charge in [-0.3, -0.25) is 0 Å². The normalized spacial score (nSPS) is 32.2. The van der Waals surface area contributed by atoms with E-state index in [2.05, 4.69) is 20.9 Å². The molecule has 0 bridgehead atoms. The zero-order chi connectivity index (χ0) is 21.9. The van der Waals surface area contributed by atoms with Gasteiger partial charge in [-0.05, 0) is 48.8 Å². The lowest BCUT2D eigenvalue weighted by molar-refractivity contribution is 0.0240. The van der Waals surface area contributed by atoms with E-state index in [-0.39, 0.29) is 15.2 Å². The average molecular weight is 350 g/mol. The molecule has 0 N–H and O–H groups in total. The third-order valence-corrected chi connectivity index (χ3v) is 2.53. The van der Waals surface area contributed by atoms with E-state index in [1.165, 1.54) is 39.1 Å². The molecule has 1 amide bonds. The highest BCUT2D eigenvalue weighted by atomic mass is 79.9. The van der Waals surface area contributed by atoms with E-state index in [0.717, 1.165) is 0 Å². The second-order valence-electron chi connectivity index (χ2n) is 4.94. The molecule has 0 atom stereocenters. The number of ether oxygens (including phenoxy) is 1. The number of aromatic nitrogens is 1. The number of hydrogen-bond acceptors (Lipinski definition) is 4. The molecule has 110 valence electrons. The van der Waals surface area contributed by atoms with E-state index in [9.17, 15) is 4.79 Å². The first kappa shape index (κ1) is 7.64. The Hall–Kier alpha value is -1.30. The fraction of sp³-hybridized carbons (Fsp3) is 0.571. The Morgan fingerprint density at radius 3 is 2.60 bits per heavy atom. The Morgan fingerprint density at radius 1 is 1.40 bits per heavy atom. The van der Waals surface area contributed by atoms with Crippen molar-refractivity contribution in [1.82, 2.24) is 9.88 Å². The molecule has 20 heavy (non-hydrogen) atoms. The van der Waals surface area contributed by atoms with Crippen LogP contribution in [0.25, 0.3) is 0 Å². The van der Waals surface area contributed by atoms with Crippen LogP contribution in [0.2, 0.25) is 0 Å². The summed E-state index contributed by atoms with van der Waals surface area (Å²) in [6, 6.07) is 2.45. The molecule has 1 fully saturated rings. The number of carbonyl (C=O) groups is 1. The van der Waals surface area contributed by atoms with Crippen LogP contribution in [-0.2, 0) is 4.74 Å². The number of rotatable bonds is 1. The van der Waals surface area contributed by atoms with Crippen LogP contribution in [0.4, 0.5) is 10.5 Å². The molecule has 0 saturated carbocycles. The van der Waals surface area contributed by atoms with Crippen molar-refractivity contribution in [2.45, 2.75) is 26.4 Å². The highest BCUT2D eigenvalue weighted by Crippen LogP contribution is 2.20. The Labute approximate surface area is 139 Å². The topological polar surface area (TPSA) is 45.7 Å². The predicted molar refractivity (Wildman–Crippen MR) is 82.0 cm³/mol. The van der Waals surface area contributed by atoms with E-state index in [4.69, 9.17) is 15.7 Å². The van der Waals surface area contributed by atoms with E-state index < -0.39 is 37.7 Å². The van der Waals surface area contributed by atoms with Gasteiger partial charge < -0.3 is 14.5 Å². The van der Waals surface area contributed by atoms with Gasteiger partial charge in [0.15, 0.2) is 0 Å². The zero-order valence-corrected chi connectivity index (χ0v) is 12.9. The summed E-state index contributed by atoms with van der Waals surface area (Å²) in [5.41, 5.74) is -1.29. The maximum absolute atomic E-state index is 12.6. The summed E-state index contributed by atoms with van der Waals surface area (Å²) < 4.78 is 71.4. The highest BCUT2D eigenvalue weighted by Gasteiger charge is 2.25. The van der Waals surface area contributed by atoms with Gasteiger partial charge >= 0.3 is 6.09 Å². The van der Waals surface area contributed by atoms with Gasteiger partial charge in [-0.15, -0.1) is 0 Å². The van der Waals surface area contributed by atoms with E-state index in [1.807, 2.05) is 0 Å². The van der Waals surface area contributed by atoms with Crippen molar-refractivity contribution >= 4 is 27.7 Å². The maximum atomic E-state index is 12.6. The summed E-state index contributed by atoms with van der Waals surface area (Å²) in [5.74, 6) is 0. The molecule has 0 aromatic carbocycles. The van der Waals surface area contributed by atoms with E-state index in [0.29, 0.717) is 4.90 Å². The fourth-order valence-corrected chi connectivity index (χ4v) is 1.67. The first-order valence-electron chi connectivity index (χ1n) is 9.82. The molecule has 2 heterocycles. The molecule has 1 saturated heterocycles. The Morgan fingerprint density at radius 2 is 2.05 bits per heavy atom. The third-order valence-electron chi connectivity index (χ3n) is 2.09.